The van der Waals surface area contributed by atoms with Crippen molar-refractivity contribution in [3.8, 4) is 5.75 Å². The number of imide groups is 1. The number of benzene rings is 2. The molecule has 2 heterocycles. The number of unbranched alkanes of at least 4 members (excludes halogenated alkanes) is 1. The Bertz CT molecular complexity index is 1060. The first-order chi connectivity index (χ1) is 15.6. The monoisotopic (exact) mass is 454 g/mol. The topological polar surface area (TPSA) is 76.2 Å². The van der Waals surface area contributed by atoms with Crippen molar-refractivity contribution < 1.29 is 23.9 Å². The number of morpholine rings is 1. The summed E-state index contributed by atoms with van der Waals surface area (Å²) in [5, 5.41) is 1.53. The first-order valence-electron chi connectivity index (χ1n) is 10.8. The van der Waals surface area contributed by atoms with E-state index < -0.39 is 11.1 Å². The van der Waals surface area contributed by atoms with Gasteiger partial charge in [-0.3, -0.25) is 19.3 Å². The molecule has 2 saturated heterocycles. The van der Waals surface area contributed by atoms with Crippen LogP contribution in [-0.2, 0) is 14.3 Å². The van der Waals surface area contributed by atoms with Crippen LogP contribution in [0.1, 0.15) is 25.3 Å². The molecular weight excluding hydrogens is 428 g/mol. The summed E-state index contributed by atoms with van der Waals surface area (Å²) < 4.78 is 11.3. The predicted molar refractivity (Wildman–Crippen MR) is 124 cm³/mol. The number of rotatable bonds is 7. The van der Waals surface area contributed by atoms with Gasteiger partial charge in [0.15, 0.2) is 0 Å². The second-order valence-corrected chi connectivity index (χ2v) is 8.65. The number of ether oxygens (including phenoxy) is 2. The van der Waals surface area contributed by atoms with Crippen LogP contribution >= 0.6 is 11.8 Å². The molecule has 0 unspecified atom stereocenters. The van der Waals surface area contributed by atoms with Crippen LogP contribution in [-0.4, -0.2) is 66.3 Å². The number of fused-ring (bicyclic) bond motifs is 1. The minimum absolute atomic E-state index is 0.245. The van der Waals surface area contributed by atoms with Crippen molar-refractivity contribution >= 4 is 45.7 Å². The Balaban J connectivity index is 1.60. The first-order valence-corrected chi connectivity index (χ1v) is 11.7. The van der Waals surface area contributed by atoms with Crippen molar-refractivity contribution in [3.05, 3.63) is 46.9 Å². The van der Waals surface area contributed by atoms with Crippen molar-refractivity contribution in [2.45, 2.75) is 19.8 Å². The minimum atomic E-state index is -0.450. The van der Waals surface area contributed by atoms with Crippen LogP contribution in [0.5, 0.6) is 5.75 Å². The number of hydrogen-bond acceptors (Lipinski definition) is 6. The molecule has 2 aromatic rings. The highest BCUT2D eigenvalue weighted by Crippen LogP contribution is 2.37. The molecule has 3 amide bonds. The van der Waals surface area contributed by atoms with E-state index in [4.69, 9.17) is 9.47 Å². The molecule has 168 valence electrons. The molecule has 0 aliphatic carbocycles. The SMILES string of the molecule is CCCCOc1ccc2ccccc2c1/C=C1\SC(=O)N(CC(=O)N2CCOCC2)C1=O. The molecule has 0 radical (unpaired) electrons. The fraction of sp³-hybridized carbons (Fsp3) is 0.375. The van der Waals surface area contributed by atoms with Crippen molar-refractivity contribution in [2.75, 3.05) is 39.5 Å². The zero-order chi connectivity index (χ0) is 22.5. The number of nitrogens with zero attached hydrogens (tertiary/aromatic N) is 2. The van der Waals surface area contributed by atoms with Gasteiger partial charge in [-0.05, 0) is 41.1 Å². The molecule has 0 bridgehead atoms. The molecule has 7 nitrogen and oxygen atoms in total. The zero-order valence-corrected chi connectivity index (χ0v) is 18.9. The van der Waals surface area contributed by atoms with Gasteiger partial charge in [0.2, 0.25) is 5.91 Å². The Morgan fingerprint density at radius 2 is 1.94 bits per heavy atom. The summed E-state index contributed by atoms with van der Waals surface area (Å²) in [4.78, 5) is 41.1. The highest BCUT2D eigenvalue weighted by atomic mass is 32.2. The number of hydrogen-bond donors (Lipinski definition) is 0. The molecule has 2 aliphatic heterocycles. The van der Waals surface area contributed by atoms with Gasteiger partial charge in [-0.2, -0.15) is 0 Å². The van der Waals surface area contributed by atoms with Crippen molar-refractivity contribution in [2.24, 2.45) is 0 Å². The largest absolute Gasteiger partial charge is 0.493 e. The highest BCUT2D eigenvalue weighted by molar-refractivity contribution is 8.18. The van der Waals surface area contributed by atoms with Crippen molar-refractivity contribution in [3.63, 3.8) is 0 Å². The second kappa shape index (κ2) is 10.2. The summed E-state index contributed by atoms with van der Waals surface area (Å²) >= 11 is 0.858. The lowest BCUT2D eigenvalue weighted by atomic mass is 10.0. The normalized spacial score (nSPS) is 18.1. The van der Waals surface area contributed by atoms with Gasteiger partial charge in [0.1, 0.15) is 12.3 Å². The molecule has 32 heavy (non-hydrogen) atoms. The number of thioether (sulfide) groups is 1. The molecule has 0 N–H and O–H groups in total. The summed E-state index contributed by atoms with van der Waals surface area (Å²) in [6.45, 7) is 4.30. The molecule has 8 heteroatoms. The van der Waals surface area contributed by atoms with Crippen LogP contribution in [0.15, 0.2) is 41.3 Å². The van der Waals surface area contributed by atoms with Gasteiger partial charge in [-0.15, -0.1) is 0 Å². The van der Waals surface area contributed by atoms with Gasteiger partial charge in [0.25, 0.3) is 11.1 Å². The van der Waals surface area contributed by atoms with Crippen molar-refractivity contribution in [1.82, 2.24) is 9.80 Å². The molecule has 2 aromatic carbocycles. The molecular formula is C24H26N2O5S. The summed E-state index contributed by atoms with van der Waals surface area (Å²) in [6, 6.07) is 11.7. The third-order valence-electron chi connectivity index (χ3n) is 5.49. The van der Waals surface area contributed by atoms with Crippen LogP contribution in [0.3, 0.4) is 0 Å². The molecule has 2 aliphatic rings. The first kappa shape index (κ1) is 22.4. The van der Waals surface area contributed by atoms with E-state index in [-0.39, 0.29) is 12.5 Å². The summed E-state index contributed by atoms with van der Waals surface area (Å²) in [7, 11) is 0. The molecule has 4 rings (SSSR count). The summed E-state index contributed by atoms with van der Waals surface area (Å²) in [5.41, 5.74) is 0.768. The fourth-order valence-electron chi connectivity index (χ4n) is 3.69. The van der Waals surface area contributed by atoms with Crippen molar-refractivity contribution in [1.29, 1.82) is 0 Å². The molecule has 2 fully saturated rings. The van der Waals surface area contributed by atoms with Gasteiger partial charge < -0.3 is 14.4 Å². The van der Waals surface area contributed by atoms with E-state index in [1.807, 2.05) is 36.4 Å². The predicted octanol–water partition coefficient (Wildman–Crippen LogP) is 3.91. The molecule has 0 aromatic heterocycles. The van der Waals surface area contributed by atoms with E-state index in [1.54, 1.807) is 11.0 Å². The van der Waals surface area contributed by atoms with Gasteiger partial charge >= 0.3 is 0 Å². The van der Waals surface area contributed by atoms with E-state index in [1.165, 1.54) is 0 Å². The highest BCUT2D eigenvalue weighted by Gasteiger charge is 2.37. The standard InChI is InChI=1S/C24H26N2O5S/c1-2-3-12-31-20-9-8-17-6-4-5-7-18(17)19(20)15-21-23(28)26(24(29)32-21)16-22(27)25-10-13-30-14-11-25/h4-9,15H,2-3,10-14,16H2,1H3/b21-15-. The Morgan fingerprint density at radius 1 is 1.16 bits per heavy atom. The van der Waals surface area contributed by atoms with Gasteiger partial charge in [-0.1, -0.05) is 43.7 Å². The molecule has 0 spiro atoms. The minimum Gasteiger partial charge on any atom is -0.493 e. The number of carbonyl (C=O) groups excluding carboxylic acids is 3. The molecule has 0 saturated carbocycles. The van der Waals surface area contributed by atoms with Crippen LogP contribution in [0.25, 0.3) is 16.8 Å². The Hall–Kier alpha value is -2.84. The number of carbonyl (C=O) groups is 3. The maximum atomic E-state index is 13.0. The maximum absolute atomic E-state index is 13.0. The van der Waals surface area contributed by atoms with Gasteiger partial charge in [0, 0.05) is 18.7 Å². The van der Waals surface area contributed by atoms with E-state index in [9.17, 15) is 14.4 Å². The van der Waals surface area contributed by atoms with Crippen LogP contribution in [0, 0.1) is 0 Å². The lowest BCUT2D eigenvalue weighted by molar-refractivity contribution is -0.139. The fourth-order valence-corrected chi connectivity index (χ4v) is 4.51. The van der Waals surface area contributed by atoms with Crippen LogP contribution in [0.2, 0.25) is 0 Å². The van der Waals surface area contributed by atoms with E-state index in [2.05, 4.69) is 6.92 Å². The summed E-state index contributed by atoms with van der Waals surface area (Å²) in [5.74, 6) is -0.0204. The van der Waals surface area contributed by atoms with E-state index >= 15 is 0 Å². The van der Waals surface area contributed by atoms with Crippen LogP contribution < -0.4 is 4.74 Å². The quantitative estimate of drug-likeness (QED) is 0.466. The Morgan fingerprint density at radius 3 is 2.72 bits per heavy atom. The van der Waals surface area contributed by atoms with E-state index in [0.29, 0.717) is 43.6 Å². The average Bonchev–Trinajstić information content (AvgIpc) is 3.08. The zero-order valence-electron chi connectivity index (χ0n) is 18.0. The van der Waals surface area contributed by atoms with Crippen LogP contribution in [0.4, 0.5) is 4.79 Å². The smallest absolute Gasteiger partial charge is 0.294 e. The maximum Gasteiger partial charge on any atom is 0.294 e. The lowest BCUT2D eigenvalue weighted by Gasteiger charge is -2.28. The lowest BCUT2D eigenvalue weighted by Crippen LogP contribution is -2.46. The van der Waals surface area contributed by atoms with E-state index in [0.717, 1.165) is 45.8 Å². The third-order valence-corrected chi connectivity index (χ3v) is 6.40. The van der Waals surface area contributed by atoms with Gasteiger partial charge in [-0.25, -0.2) is 0 Å². The second-order valence-electron chi connectivity index (χ2n) is 7.66. The average molecular weight is 455 g/mol. The molecule has 0 atom stereocenters. The number of amides is 3. The summed E-state index contributed by atoms with van der Waals surface area (Å²) in [6.07, 6.45) is 3.65. The Kier molecular flexibility index (Phi) is 7.12. The van der Waals surface area contributed by atoms with Gasteiger partial charge in [0.05, 0.1) is 24.7 Å². The Labute approximate surface area is 191 Å². The third kappa shape index (κ3) is 4.81.